The summed E-state index contributed by atoms with van der Waals surface area (Å²) in [5, 5.41) is 3.81. The first-order chi connectivity index (χ1) is 9.78. The maximum absolute atomic E-state index is 5.94. The summed E-state index contributed by atoms with van der Waals surface area (Å²) in [4.78, 5) is 0. The van der Waals surface area contributed by atoms with Gasteiger partial charge in [-0.15, -0.1) is 0 Å². The molecule has 0 spiro atoms. The molecule has 1 N–H and O–H groups in total. The molecule has 0 radical (unpaired) electrons. The van der Waals surface area contributed by atoms with Crippen LogP contribution in [0.2, 0.25) is 0 Å². The molecule has 1 fully saturated rings. The maximum Gasteiger partial charge on any atom is 0.126 e. The minimum atomic E-state index is 0.431. The van der Waals surface area contributed by atoms with E-state index < -0.39 is 0 Å². The highest BCUT2D eigenvalue weighted by Gasteiger charge is 2.32. The zero-order valence-electron chi connectivity index (χ0n) is 12.5. The standard InChI is InChI=1S/C17H25NO2/c1-3-19-14-10-13(11-14)18-16-8-5-9-20-17-12(2)6-4-7-15(16)17/h4,6-7,13-14,16,18H,3,5,8-11H2,1-2H3. The third kappa shape index (κ3) is 2.84. The normalized spacial score (nSPS) is 29.0. The first-order valence-corrected chi connectivity index (χ1v) is 7.88. The van der Waals surface area contributed by atoms with E-state index in [2.05, 4.69) is 37.4 Å². The zero-order chi connectivity index (χ0) is 13.9. The Bertz CT molecular complexity index is 454. The highest BCUT2D eigenvalue weighted by atomic mass is 16.5. The Morgan fingerprint density at radius 3 is 3.00 bits per heavy atom. The smallest absolute Gasteiger partial charge is 0.126 e. The quantitative estimate of drug-likeness (QED) is 0.914. The second-order valence-corrected chi connectivity index (χ2v) is 5.95. The van der Waals surface area contributed by atoms with Crippen molar-refractivity contribution in [2.75, 3.05) is 13.2 Å². The molecule has 1 aromatic carbocycles. The van der Waals surface area contributed by atoms with Crippen LogP contribution >= 0.6 is 0 Å². The molecule has 1 heterocycles. The van der Waals surface area contributed by atoms with Crippen molar-refractivity contribution in [2.45, 2.75) is 57.7 Å². The van der Waals surface area contributed by atoms with Gasteiger partial charge in [0.2, 0.25) is 0 Å². The van der Waals surface area contributed by atoms with E-state index in [0.717, 1.165) is 44.6 Å². The number of fused-ring (bicyclic) bond motifs is 1. The Morgan fingerprint density at radius 1 is 1.35 bits per heavy atom. The van der Waals surface area contributed by atoms with Crippen molar-refractivity contribution in [1.82, 2.24) is 5.32 Å². The molecule has 1 aliphatic heterocycles. The molecule has 1 aromatic rings. The van der Waals surface area contributed by atoms with E-state index in [1.165, 1.54) is 11.1 Å². The Kier molecular flexibility index (Phi) is 4.27. The summed E-state index contributed by atoms with van der Waals surface area (Å²) in [6, 6.07) is 7.52. The maximum atomic E-state index is 5.94. The van der Waals surface area contributed by atoms with Gasteiger partial charge in [0.1, 0.15) is 5.75 Å². The van der Waals surface area contributed by atoms with E-state index in [0.29, 0.717) is 18.2 Å². The van der Waals surface area contributed by atoms with Crippen LogP contribution in [0, 0.1) is 6.92 Å². The molecule has 0 saturated heterocycles. The van der Waals surface area contributed by atoms with Gasteiger partial charge in [0.05, 0.1) is 12.7 Å². The predicted octanol–water partition coefficient (Wildman–Crippen LogP) is 3.37. The lowest BCUT2D eigenvalue weighted by molar-refractivity contribution is -0.0127. The third-order valence-electron chi connectivity index (χ3n) is 4.44. The Labute approximate surface area is 121 Å². The van der Waals surface area contributed by atoms with Gasteiger partial charge >= 0.3 is 0 Å². The van der Waals surface area contributed by atoms with Gasteiger partial charge in [0.15, 0.2) is 0 Å². The van der Waals surface area contributed by atoms with Crippen LogP contribution in [0.1, 0.15) is 49.8 Å². The molecule has 1 saturated carbocycles. The molecule has 20 heavy (non-hydrogen) atoms. The number of ether oxygens (including phenoxy) is 2. The van der Waals surface area contributed by atoms with Gasteiger partial charge in [-0.3, -0.25) is 0 Å². The average Bonchev–Trinajstić information content (AvgIpc) is 2.60. The van der Waals surface area contributed by atoms with Gasteiger partial charge in [-0.2, -0.15) is 0 Å². The lowest BCUT2D eigenvalue weighted by Crippen LogP contribution is -2.46. The van der Waals surface area contributed by atoms with Crippen molar-refractivity contribution in [3.05, 3.63) is 29.3 Å². The summed E-state index contributed by atoms with van der Waals surface area (Å²) in [6.07, 6.45) is 5.04. The van der Waals surface area contributed by atoms with Crippen molar-refractivity contribution in [2.24, 2.45) is 0 Å². The molecule has 1 atom stereocenters. The fraction of sp³-hybridized carbons (Fsp3) is 0.647. The molecule has 2 aliphatic rings. The van der Waals surface area contributed by atoms with Crippen LogP contribution in [0.3, 0.4) is 0 Å². The van der Waals surface area contributed by atoms with Gasteiger partial charge < -0.3 is 14.8 Å². The van der Waals surface area contributed by atoms with E-state index in [9.17, 15) is 0 Å². The summed E-state index contributed by atoms with van der Waals surface area (Å²) in [5.41, 5.74) is 2.58. The zero-order valence-corrected chi connectivity index (χ0v) is 12.5. The van der Waals surface area contributed by atoms with Gasteiger partial charge in [-0.25, -0.2) is 0 Å². The number of hydrogen-bond acceptors (Lipinski definition) is 3. The molecule has 3 rings (SSSR count). The van der Waals surface area contributed by atoms with Crippen LogP contribution in [-0.4, -0.2) is 25.4 Å². The van der Waals surface area contributed by atoms with Crippen molar-refractivity contribution in [1.29, 1.82) is 0 Å². The number of hydrogen-bond donors (Lipinski definition) is 1. The summed E-state index contributed by atoms with van der Waals surface area (Å²) in [6.45, 7) is 5.87. The summed E-state index contributed by atoms with van der Waals surface area (Å²) < 4.78 is 11.6. The topological polar surface area (TPSA) is 30.5 Å². The average molecular weight is 275 g/mol. The first-order valence-electron chi connectivity index (χ1n) is 7.88. The molecular formula is C17H25NO2. The molecular weight excluding hydrogens is 250 g/mol. The van der Waals surface area contributed by atoms with Gasteiger partial charge in [0, 0.05) is 24.3 Å². The van der Waals surface area contributed by atoms with Crippen LogP contribution in [-0.2, 0) is 4.74 Å². The lowest BCUT2D eigenvalue weighted by atomic mass is 9.87. The minimum absolute atomic E-state index is 0.431. The number of para-hydroxylation sites is 1. The summed E-state index contributed by atoms with van der Waals surface area (Å²) >= 11 is 0. The van der Waals surface area contributed by atoms with E-state index in [1.807, 2.05) is 0 Å². The fourth-order valence-electron chi connectivity index (χ4n) is 3.30. The minimum Gasteiger partial charge on any atom is -0.493 e. The van der Waals surface area contributed by atoms with E-state index in [1.54, 1.807) is 0 Å². The first kappa shape index (κ1) is 13.9. The molecule has 110 valence electrons. The molecule has 0 aromatic heterocycles. The molecule has 1 unspecified atom stereocenters. The monoisotopic (exact) mass is 275 g/mol. The Morgan fingerprint density at radius 2 is 2.20 bits per heavy atom. The van der Waals surface area contributed by atoms with E-state index in [4.69, 9.17) is 9.47 Å². The summed E-state index contributed by atoms with van der Waals surface area (Å²) in [7, 11) is 0. The second-order valence-electron chi connectivity index (χ2n) is 5.95. The van der Waals surface area contributed by atoms with Crippen LogP contribution in [0.4, 0.5) is 0 Å². The largest absolute Gasteiger partial charge is 0.493 e. The van der Waals surface area contributed by atoms with Gasteiger partial charge in [-0.05, 0) is 45.1 Å². The van der Waals surface area contributed by atoms with Crippen LogP contribution < -0.4 is 10.1 Å². The van der Waals surface area contributed by atoms with E-state index >= 15 is 0 Å². The predicted molar refractivity (Wildman–Crippen MR) is 80.2 cm³/mol. The molecule has 0 amide bonds. The van der Waals surface area contributed by atoms with Gasteiger partial charge in [0.25, 0.3) is 0 Å². The van der Waals surface area contributed by atoms with Crippen molar-refractivity contribution >= 4 is 0 Å². The number of benzene rings is 1. The summed E-state index contributed by atoms with van der Waals surface area (Å²) in [5.74, 6) is 1.10. The Hall–Kier alpha value is -1.06. The van der Waals surface area contributed by atoms with Crippen molar-refractivity contribution in [3.63, 3.8) is 0 Å². The second kappa shape index (κ2) is 6.15. The van der Waals surface area contributed by atoms with Crippen molar-refractivity contribution in [3.8, 4) is 5.75 Å². The number of rotatable bonds is 4. The number of aryl methyl sites for hydroxylation is 1. The van der Waals surface area contributed by atoms with E-state index in [-0.39, 0.29) is 0 Å². The molecule has 3 heteroatoms. The Balaban J connectivity index is 1.67. The highest BCUT2D eigenvalue weighted by molar-refractivity contribution is 5.43. The molecule has 0 bridgehead atoms. The third-order valence-corrected chi connectivity index (χ3v) is 4.44. The lowest BCUT2D eigenvalue weighted by Gasteiger charge is -2.38. The van der Waals surface area contributed by atoms with Gasteiger partial charge in [-0.1, -0.05) is 18.2 Å². The van der Waals surface area contributed by atoms with Crippen LogP contribution in [0.5, 0.6) is 5.75 Å². The number of nitrogens with one attached hydrogen (secondary N) is 1. The fourth-order valence-corrected chi connectivity index (χ4v) is 3.30. The molecule has 1 aliphatic carbocycles. The van der Waals surface area contributed by atoms with Crippen molar-refractivity contribution < 1.29 is 9.47 Å². The SMILES string of the molecule is CCOC1CC(NC2CCCOc3c(C)cccc32)C1. The van der Waals surface area contributed by atoms with Crippen LogP contribution in [0.25, 0.3) is 0 Å². The van der Waals surface area contributed by atoms with Crippen LogP contribution in [0.15, 0.2) is 18.2 Å². The highest BCUT2D eigenvalue weighted by Crippen LogP contribution is 2.36. The molecule has 3 nitrogen and oxygen atoms in total.